The van der Waals surface area contributed by atoms with Crippen LogP contribution in [-0.2, 0) is 19.0 Å². The van der Waals surface area contributed by atoms with Gasteiger partial charge in [-0.1, -0.05) is 13.3 Å². The van der Waals surface area contributed by atoms with Gasteiger partial charge in [-0.05, 0) is 52.8 Å². The largest absolute Gasteiger partial charge is 0.391 e. The second kappa shape index (κ2) is 9.60. The molecule has 0 aromatic heterocycles. The van der Waals surface area contributed by atoms with Crippen molar-refractivity contribution in [2.24, 2.45) is 5.92 Å². The number of nitrogens with zero attached hydrogens (tertiary/aromatic N) is 1. The lowest BCUT2D eigenvalue weighted by Gasteiger charge is -2.43. The first-order chi connectivity index (χ1) is 14.1. The maximum Gasteiger partial charge on any atom is 0.237 e. The summed E-state index contributed by atoms with van der Waals surface area (Å²) < 4.78 is 18.1. The van der Waals surface area contributed by atoms with Crippen LogP contribution in [-0.4, -0.2) is 94.7 Å². The Hall–Kier alpha value is -0.420. The van der Waals surface area contributed by atoms with E-state index < -0.39 is 47.8 Å². The van der Waals surface area contributed by atoms with Crippen LogP contribution in [0.5, 0.6) is 0 Å². The summed E-state index contributed by atoms with van der Waals surface area (Å²) >= 11 is 1.38. The third-order valence-corrected chi connectivity index (χ3v) is 7.30. The number of ether oxygens (including phenoxy) is 3. The van der Waals surface area contributed by atoms with Crippen molar-refractivity contribution in [3.05, 3.63) is 0 Å². The van der Waals surface area contributed by atoms with E-state index >= 15 is 0 Å². The highest BCUT2D eigenvalue weighted by molar-refractivity contribution is 7.99. The van der Waals surface area contributed by atoms with Crippen molar-refractivity contribution < 1.29 is 29.2 Å². The van der Waals surface area contributed by atoms with Gasteiger partial charge < -0.3 is 29.7 Å². The number of aliphatic hydroxyl groups excluding tert-OH is 2. The standard InChI is InChI=1S/C21H38N2O6S/c1-7-8-12-9-13(23(5)10-12)19(26)22-14(11(2)24)16-18-17(28-21(3,4)29-18)15(25)20(27-16)30-6/h11-18,20,24-25H,7-10H2,1-6H3,(H,22,26)/t11-,12+,13+,14-,15-,16?,17-,18+,20-/m1/s1. The van der Waals surface area contributed by atoms with Crippen LogP contribution in [0.3, 0.4) is 0 Å². The maximum atomic E-state index is 13.2. The van der Waals surface area contributed by atoms with Gasteiger partial charge in [0, 0.05) is 6.54 Å². The molecule has 9 heteroatoms. The first kappa shape index (κ1) is 24.2. The van der Waals surface area contributed by atoms with Crippen LogP contribution in [0.2, 0.25) is 0 Å². The van der Waals surface area contributed by atoms with Gasteiger partial charge >= 0.3 is 0 Å². The Balaban J connectivity index is 1.77. The molecule has 3 aliphatic rings. The van der Waals surface area contributed by atoms with Gasteiger partial charge in [-0.2, -0.15) is 0 Å². The number of rotatable bonds is 7. The molecule has 0 saturated carbocycles. The number of likely N-dealkylation sites (tertiary alicyclic amines) is 1. The van der Waals surface area contributed by atoms with Gasteiger partial charge in [-0.15, -0.1) is 11.8 Å². The second-order valence-corrected chi connectivity index (χ2v) is 10.3. The number of hydrogen-bond acceptors (Lipinski definition) is 8. The van der Waals surface area contributed by atoms with E-state index in [1.165, 1.54) is 11.8 Å². The number of carbonyl (C=O) groups excluding carboxylic acids is 1. The second-order valence-electron chi connectivity index (χ2n) is 9.38. The molecule has 3 N–H and O–H groups in total. The number of aliphatic hydroxyl groups is 2. The fraction of sp³-hybridized carbons (Fsp3) is 0.952. The molecule has 0 bridgehead atoms. The highest BCUT2D eigenvalue weighted by Crippen LogP contribution is 2.41. The van der Waals surface area contributed by atoms with E-state index in [0.29, 0.717) is 5.92 Å². The molecule has 3 fully saturated rings. The fourth-order valence-corrected chi connectivity index (χ4v) is 5.73. The zero-order valence-electron chi connectivity index (χ0n) is 18.9. The van der Waals surface area contributed by atoms with Crippen LogP contribution in [0, 0.1) is 5.92 Å². The molecular weight excluding hydrogens is 408 g/mol. The van der Waals surface area contributed by atoms with Crippen molar-refractivity contribution in [1.82, 2.24) is 10.2 Å². The zero-order chi connectivity index (χ0) is 22.2. The minimum Gasteiger partial charge on any atom is -0.391 e. The first-order valence-electron chi connectivity index (χ1n) is 11.0. The van der Waals surface area contributed by atoms with Crippen LogP contribution < -0.4 is 5.32 Å². The highest BCUT2D eigenvalue weighted by Gasteiger charge is 2.57. The molecule has 174 valence electrons. The minimum absolute atomic E-state index is 0.104. The van der Waals surface area contributed by atoms with E-state index in [2.05, 4.69) is 17.1 Å². The van der Waals surface area contributed by atoms with Crippen LogP contribution in [0.25, 0.3) is 0 Å². The fourth-order valence-electron chi connectivity index (χ4n) is 5.05. The minimum atomic E-state index is -0.877. The Bertz CT molecular complexity index is 606. The van der Waals surface area contributed by atoms with E-state index in [4.69, 9.17) is 14.2 Å². The predicted octanol–water partition coefficient (Wildman–Crippen LogP) is 0.941. The van der Waals surface area contributed by atoms with Crippen molar-refractivity contribution in [3.63, 3.8) is 0 Å². The van der Waals surface area contributed by atoms with Gasteiger partial charge in [-0.3, -0.25) is 9.69 Å². The number of nitrogens with one attached hydrogen (secondary N) is 1. The number of likely N-dealkylation sites (N-methyl/N-ethyl adjacent to an activating group) is 1. The Morgan fingerprint density at radius 1 is 1.33 bits per heavy atom. The number of carbonyl (C=O) groups is 1. The highest BCUT2D eigenvalue weighted by atomic mass is 32.2. The molecule has 9 atom stereocenters. The molecule has 3 heterocycles. The van der Waals surface area contributed by atoms with E-state index in [1.807, 2.05) is 13.3 Å². The lowest BCUT2D eigenvalue weighted by molar-refractivity contribution is -0.177. The zero-order valence-corrected chi connectivity index (χ0v) is 19.7. The van der Waals surface area contributed by atoms with Gasteiger partial charge in [0.25, 0.3) is 0 Å². The number of hydrogen-bond donors (Lipinski definition) is 3. The summed E-state index contributed by atoms with van der Waals surface area (Å²) in [4.78, 5) is 15.2. The number of amides is 1. The molecule has 0 aliphatic carbocycles. The lowest BCUT2D eigenvalue weighted by Crippen LogP contribution is -2.65. The summed E-state index contributed by atoms with van der Waals surface area (Å²) in [5.41, 5.74) is -0.532. The molecule has 1 amide bonds. The normalized spacial score (nSPS) is 40.7. The summed E-state index contributed by atoms with van der Waals surface area (Å²) in [6.45, 7) is 8.29. The van der Waals surface area contributed by atoms with Crippen molar-refractivity contribution in [3.8, 4) is 0 Å². The third-order valence-electron chi connectivity index (χ3n) is 6.44. The van der Waals surface area contributed by atoms with E-state index in [0.717, 1.165) is 25.8 Å². The molecule has 1 unspecified atom stereocenters. The van der Waals surface area contributed by atoms with Gasteiger partial charge in [0.15, 0.2) is 5.79 Å². The van der Waals surface area contributed by atoms with Crippen molar-refractivity contribution in [2.75, 3.05) is 19.8 Å². The monoisotopic (exact) mass is 446 g/mol. The molecule has 0 spiro atoms. The Morgan fingerprint density at radius 2 is 2.00 bits per heavy atom. The smallest absolute Gasteiger partial charge is 0.237 e. The van der Waals surface area contributed by atoms with Gasteiger partial charge in [0.05, 0.1) is 18.2 Å². The van der Waals surface area contributed by atoms with Crippen LogP contribution in [0.1, 0.15) is 47.0 Å². The average Bonchev–Trinajstić information content (AvgIpc) is 3.19. The summed E-state index contributed by atoms with van der Waals surface area (Å²) in [6.07, 6.45) is 1.35. The van der Waals surface area contributed by atoms with Gasteiger partial charge in [0.1, 0.15) is 29.9 Å². The quantitative estimate of drug-likeness (QED) is 0.531. The molecule has 3 saturated heterocycles. The van der Waals surface area contributed by atoms with Crippen LogP contribution in [0.15, 0.2) is 0 Å². The molecule has 30 heavy (non-hydrogen) atoms. The van der Waals surface area contributed by atoms with Crippen LogP contribution >= 0.6 is 11.8 Å². The average molecular weight is 447 g/mol. The van der Waals surface area contributed by atoms with Crippen molar-refractivity contribution >= 4 is 17.7 Å². The third kappa shape index (κ3) is 4.98. The maximum absolute atomic E-state index is 13.2. The summed E-state index contributed by atoms with van der Waals surface area (Å²) in [5.74, 6) is -0.469. The topological polar surface area (TPSA) is 100 Å². The van der Waals surface area contributed by atoms with E-state index in [9.17, 15) is 15.0 Å². The number of thioether (sulfide) groups is 1. The van der Waals surface area contributed by atoms with E-state index in [1.54, 1.807) is 20.8 Å². The summed E-state index contributed by atoms with van der Waals surface area (Å²) in [5, 5.41) is 24.3. The molecule has 3 aliphatic heterocycles. The molecule has 0 aromatic carbocycles. The van der Waals surface area contributed by atoms with Crippen molar-refractivity contribution in [2.45, 2.75) is 101 Å². The molecule has 8 nitrogen and oxygen atoms in total. The predicted molar refractivity (Wildman–Crippen MR) is 115 cm³/mol. The van der Waals surface area contributed by atoms with Crippen LogP contribution in [0.4, 0.5) is 0 Å². The molecule has 3 rings (SSSR count). The SMILES string of the molecule is CCC[C@H]1C[C@@H](C(=O)N[C@@H](C2O[C@H](SC)[C@H](O)[C@H]3OC(C)(C)O[C@@H]23)[C@@H](C)O)N(C)C1. The summed E-state index contributed by atoms with van der Waals surface area (Å²) in [6, 6.07) is -0.899. The van der Waals surface area contributed by atoms with Gasteiger partial charge in [0.2, 0.25) is 5.91 Å². The van der Waals surface area contributed by atoms with E-state index in [-0.39, 0.29) is 11.9 Å². The first-order valence-corrected chi connectivity index (χ1v) is 12.3. The Labute approximate surface area is 184 Å². The molecule has 0 radical (unpaired) electrons. The number of fused-ring (bicyclic) bond motifs is 1. The Kier molecular flexibility index (Phi) is 7.75. The molecular formula is C21H38N2O6S. The lowest BCUT2D eigenvalue weighted by atomic mass is 9.92. The summed E-state index contributed by atoms with van der Waals surface area (Å²) in [7, 11) is 1.97. The Morgan fingerprint density at radius 3 is 2.60 bits per heavy atom. The van der Waals surface area contributed by atoms with Gasteiger partial charge in [-0.25, -0.2) is 0 Å². The molecule has 0 aromatic rings. The van der Waals surface area contributed by atoms with Crippen molar-refractivity contribution in [1.29, 1.82) is 0 Å².